The number of nitrogens with zero attached hydrogens (tertiary/aromatic N) is 4. The second-order valence-corrected chi connectivity index (χ2v) is 7.88. The largest absolute Gasteiger partial charge is 0.480 e. The first-order valence-corrected chi connectivity index (χ1v) is 12.0. The van der Waals surface area contributed by atoms with E-state index in [2.05, 4.69) is 20.7 Å². The maximum atomic E-state index is 12.1. The summed E-state index contributed by atoms with van der Waals surface area (Å²) in [7, 11) is 0. The van der Waals surface area contributed by atoms with Gasteiger partial charge in [0.1, 0.15) is 6.04 Å². The third-order valence-corrected chi connectivity index (χ3v) is 5.14. The number of hydrogen-bond acceptors (Lipinski definition) is 9. The Kier molecular flexibility index (Phi) is 14.2. The number of amides is 4. The molecule has 0 saturated carbocycles. The maximum Gasteiger partial charge on any atom is 0.329 e. The number of ether oxygens (including phenoxy) is 4. The number of likely N-dealkylation sites (tertiary alicyclic amines) is 1. The second-order valence-electron chi connectivity index (χ2n) is 7.88. The summed E-state index contributed by atoms with van der Waals surface area (Å²) in [4.78, 5) is 50.0. The fourth-order valence-corrected chi connectivity index (χ4v) is 3.12. The number of β-lactam (4-membered cyclic amide) rings is 1. The van der Waals surface area contributed by atoms with Gasteiger partial charge in [-0.05, 0) is 23.2 Å². The highest BCUT2D eigenvalue weighted by atomic mass is 16.6. The zero-order chi connectivity index (χ0) is 27.6. The minimum Gasteiger partial charge on any atom is -0.480 e. The van der Waals surface area contributed by atoms with E-state index < -0.39 is 23.9 Å². The minimum atomic E-state index is -1.23. The van der Waals surface area contributed by atoms with E-state index in [-0.39, 0.29) is 31.9 Å². The van der Waals surface area contributed by atoms with Gasteiger partial charge >= 0.3 is 12.0 Å². The van der Waals surface area contributed by atoms with E-state index in [4.69, 9.17) is 29.6 Å². The predicted molar refractivity (Wildman–Crippen MR) is 132 cm³/mol. The molecule has 1 aliphatic rings. The molecule has 2 rings (SSSR count). The van der Waals surface area contributed by atoms with Crippen LogP contribution in [0.15, 0.2) is 29.4 Å². The molecule has 0 unspecified atom stereocenters. The molecule has 0 radical (unpaired) electrons. The Morgan fingerprint density at radius 2 is 1.55 bits per heavy atom. The monoisotopic (exact) mass is 536 g/mol. The van der Waals surface area contributed by atoms with Gasteiger partial charge in [-0.25, -0.2) is 14.5 Å². The molecule has 0 bridgehead atoms. The smallest absolute Gasteiger partial charge is 0.329 e. The topological polar surface area (TPSA) is 201 Å². The fraction of sp³-hybridized carbons (Fsp3) is 0.565. The molecular weight excluding hydrogens is 504 g/mol. The number of urea groups is 1. The predicted octanol–water partition coefficient (Wildman–Crippen LogP) is 1.29. The van der Waals surface area contributed by atoms with Crippen LogP contribution in [0.5, 0.6) is 0 Å². The van der Waals surface area contributed by atoms with Crippen molar-refractivity contribution in [2.45, 2.75) is 25.4 Å². The van der Waals surface area contributed by atoms with Crippen LogP contribution in [0, 0.1) is 0 Å². The third kappa shape index (κ3) is 11.5. The number of carboxylic acid groups (broad SMARTS) is 1. The van der Waals surface area contributed by atoms with Gasteiger partial charge in [-0.3, -0.25) is 9.59 Å². The maximum absolute atomic E-state index is 12.1. The molecule has 1 atom stereocenters. The SMILES string of the molecule is [N-]=[N+]=NCCOCCOCCOCCOCCC(=O)NCc1ccc(NC(=O)N2C(=O)C[C@H]2C(=O)O)cc1. The molecule has 15 heteroatoms. The van der Waals surface area contributed by atoms with Gasteiger partial charge in [0.15, 0.2) is 0 Å². The number of carbonyl (C=O) groups is 4. The van der Waals surface area contributed by atoms with Crippen LogP contribution in [0.4, 0.5) is 10.5 Å². The summed E-state index contributed by atoms with van der Waals surface area (Å²) in [5, 5.41) is 17.6. The number of azide groups is 1. The number of imide groups is 1. The van der Waals surface area contributed by atoms with Crippen LogP contribution in [-0.2, 0) is 39.9 Å². The molecule has 0 aliphatic carbocycles. The molecule has 0 spiro atoms. The van der Waals surface area contributed by atoms with Crippen molar-refractivity contribution in [3.05, 3.63) is 40.3 Å². The number of carbonyl (C=O) groups excluding carboxylic acids is 3. The third-order valence-electron chi connectivity index (χ3n) is 5.14. The van der Waals surface area contributed by atoms with Gasteiger partial charge in [-0.15, -0.1) is 0 Å². The van der Waals surface area contributed by atoms with Crippen molar-refractivity contribution in [3.8, 4) is 0 Å². The Hall–Kier alpha value is -3.75. The number of hydrogen-bond donors (Lipinski definition) is 3. The first kappa shape index (κ1) is 30.5. The van der Waals surface area contributed by atoms with Crippen LogP contribution in [0.1, 0.15) is 18.4 Å². The molecule has 4 amide bonds. The number of anilines is 1. The summed E-state index contributed by atoms with van der Waals surface area (Å²) < 4.78 is 21.2. The van der Waals surface area contributed by atoms with Crippen molar-refractivity contribution in [1.29, 1.82) is 0 Å². The Labute approximate surface area is 219 Å². The Morgan fingerprint density at radius 1 is 0.974 bits per heavy atom. The molecule has 1 aromatic rings. The van der Waals surface area contributed by atoms with E-state index in [9.17, 15) is 19.2 Å². The van der Waals surface area contributed by atoms with Crippen molar-refractivity contribution < 1.29 is 43.2 Å². The highest BCUT2D eigenvalue weighted by molar-refractivity contribution is 6.09. The molecule has 1 aliphatic heterocycles. The van der Waals surface area contributed by atoms with Gasteiger partial charge in [0.25, 0.3) is 0 Å². The van der Waals surface area contributed by atoms with Crippen LogP contribution in [0.25, 0.3) is 10.4 Å². The second kappa shape index (κ2) is 17.7. The van der Waals surface area contributed by atoms with E-state index >= 15 is 0 Å². The summed E-state index contributed by atoms with van der Waals surface area (Å²) in [6.07, 6.45) is -0.0116. The number of aliphatic carboxylic acids is 1. The van der Waals surface area contributed by atoms with Gasteiger partial charge in [0.05, 0.1) is 59.3 Å². The van der Waals surface area contributed by atoms with Crippen molar-refractivity contribution in [2.24, 2.45) is 5.11 Å². The highest BCUT2D eigenvalue weighted by Gasteiger charge is 2.45. The standard InChI is InChI=1S/C23H32N6O9/c24-28-26-6-8-36-10-12-38-14-13-37-11-9-35-7-5-20(30)25-16-17-1-3-18(4-2-17)27-23(34)29-19(22(32)33)15-21(29)31/h1-4,19H,5-16H2,(H,25,30)(H,27,34)(H,32,33)/t19-/m0/s1. The van der Waals surface area contributed by atoms with Crippen molar-refractivity contribution in [2.75, 3.05) is 64.7 Å². The summed E-state index contributed by atoms with van der Waals surface area (Å²) in [6, 6.07) is 4.63. The van der Waals surface area contributed by atoms with E-state index in [1.54, 1.807) is 24.3 Å². The lowest BCUT2D eigenvalue weighted by Gasteiger charge is -2.35. The molecule has 15 nitrogen and oxygen atoms in total. The Bertz CT molecular complexity index is 969. The highest BCUT2D eigenvalue weighted by Crippen LogP contribution is 2.21. The van der Waals surface area contributed by atoms with Gasteiger partial charge in [0.2, 0.25) is 11.8 Å². The number of rotatable bonds is 19. The fourth-order valence-electron chi connectivity index (χ4n) is 3.12. The lowest BCUT2D eigenvalue weighted by molar-refractivity contribution is -0.157. The molecular formula is C23H32N6O9. The van der Waals surface area contributed by atoms with E-state index in [0.29, 0.717) is 63.4 Å². The zero-order valence-corrected chi connectivity index (χ0v) is 20.9. The number of benzene rings is 1. The van der Waals surface area contributed by atoms with Crippen molar-refractivity contribution in [3.63, 3.8) is 0 Å². The van der Waals surface area contributed by atoms with Crippen LogP contribution < -0.4 is 10.6 Å². The van der Waals surface area contributed by atoms with Crippen molar-refractivity contribution in [1.82, 2.24) is 10.2 Å². The normalized spacial score (nSPS) is 14.4. The van der Waals surface area contributed by atoms with Crippen LogP contribution in [0.2, 0.25) is 0 Å². The molecule has 38 heavy (non-hydrogen) atoms. The lowest BCUT2D eigenvalue weighted by Crippen LogP contribution is -2.60. The Balaban J connectivity index is 1.46. The van der Waals surface area contributed by atoms with E-state index in [1.807, 2.05) is 0 Å². The number of nitrogens with one attached hydrogen (secondary N) is 2. The minimum absolute atomic E-state index is 0.186. The molecule has 1 saturated heterocycles. The molecule has 1 heterocycles. The van der Waals surface area contributed by atoms with Gasteiger partial charge < -0.3 is 34.7 Å². The molecule has 3 N–H and O–H groups in total. The van der Waals surface area contributed by atoms with Gasteiger partial charge in [-0.2, -0.15) is 0 Å². The average Bonchev–Trinajstić information content (AvgIpc) is 2.88. The average molecular weight is 537 g/mol. The molecule has 1 fully saturated rings. The van der Waals surface area contributed by atoms with Crippen LogP contribution >= 0.6 is 0 Å². The zero-order valence-electron chi connectivity index (χ0n) is 20.9. The van der Waals surface area contributed by atoms with Gasteiger partial charge in [0, 0.05) is 30.1 Å². The lowest BCUT2D eigenvalue weighted by atomic mass is 10.0. The van der Waals surface area contributed by atoms with Crippen molar-refractivity contribution >= 4 is 29.5 Å². The molecule has 1 aromatic carbocycles. The van der Waals surface area contributed by atoms with Gasteiger partial charge in [-0.1, -0.05) is 17.2 Å². The van der Waals surface area contributed by atoms with Crippen LogP contribution in [-0.4, -0.2) is 99.3 Å². The molecule has 0 aromatic heterocycles. The summed E-state index contributed by atoms with van der Waals surface area (Å²) in [6.45, 7) is 3.55. The quantitative estimate of drug-likeness (QED) is 0.0765. The summed E-state index contributed by atoms with van der Waals surface area (Å²) in [5.41, 5.74) is 9.30. The summed E-state index contributed by atoms with van der Waals surface area (Å²) in [5.74, 6) is -1.96. The van der Waals surface area contributed by atoms with Crippen LogP contribution in [0.3, 0.4) is 0 Å². The summed E-state index contributed by atoms with van der Waals surface area (Å²) >= 11 is 0. The first-order valence-electron chi connectivity index (χ1n) is 12.0. The first-order chi connectivity index (χ1) is 18.4. The number of carboxylic acids is 1. The van der Waals surface area contributed by atoms with E-state index in [1.165, 1.54) is 0 Å². The molecule has 208 valence electrons. The van der Waals surface area contributed by atoms with E-state index in [0.717, 1.165) is 5.56 Å². The Morgan fingerprint density at radius 3 is 2.11 bits per heavy atom.